The van der Waals surface area contributed by atoms with E-state index in [1.807, 2.05) is 24.3 Å². The maximum absolute atomic E-state index is 5.21. The third-order valence-electron chi connectivity index (χ3n) is 1.60. The highest BCUT2D eigenvalue weighted by Gasteiger charge is 2.08. The van der Waals surface area contributed by atoms with Crippen LogP contribution in [-0.4, -0.2) is 0 Å². The van der Waals surface area contributed by atoms with Crippen LogP contribution < -0.4 is 0 Å². The van der Waals surface area contributed by atoms with Crippen molar-refractivity contribution in [1.82, 2.24) is 0 Å². The minimum Gasteiger partial charge on any atom is -0.473 e. The Morgan fingerprint density at radius 3 is 2.64 bits per heavy atom. The van der Waals surface area contributed by atoms with Crippen LogP contribution in [0.25, 0.3) is 0 Å². The van der Waals surface area contributed by atoms with Crippen molar-refractivity contribution in [3.8, 4) is 0 Å². The van der Waals surface area contributed by atoms with Gasteiger partial charge in [0.1, 0.15) is 5.76 Å². The second-order valence-electron chi connectivity index (χ2n) is 2.33. The number of rotatable bonds is 1. The van der Waals surface area contributed by atoms with Gasteiger partial charge in [-0.2, -0.15) is 0 Å². The Balaban J connectivity index is 2.23. The number of hydrogen-bond donors (Lipinski definition) is 0. The summed E-state index contributed by atoms with van der Waals surface area (Å²) < 4.78 is 10.1. The Hall–Kier alpha value is -1.44. The minimum atomic E-state index is 0.235. The fourth-order valence-electron chi connectivity index (χ4n) is 1.04. The third kappa shape index (κ3) is 1.19. The van der Waals surface area contributed by atoms with E-state index in [-0.39, 0.29) is 5.92 Å². The van der Waals surface area contributed by atoms with Crippen LogP contribution in [0.1, 0.15) is 11.7 Å². The molecule has 0 saturated carbocycles. The molecule has 0 spiro atoms. The Morgan fingerprint density at radius 2 is 2.00 bits per heavy atom. The summed E-state index contributed by atoms with van der Waals surface area (Å²) in [6, 6.07) is 3.83. The maximum Gasteiger partial charge on any atom is 0.114 e. The van der Waals surface area contributed by atoms with Crippen LogP contribution in [0.15, 0.2) is 47.5 Å². The summed E-state index contributed by atoms with van der Waals surface area (Å²) in [6.07, 6.45) is 8.88. The molecule has 0 radical (unpaired) electrons. The van der Waals surface area contributed by atoms with Crippen molar-refractivity contribution >= 4 is 0 Å². The van der Waals surface area contributed by atoms with Crippen molar-refractivity contribution < 1.29 is 9.15 Å². The number of allylic oxidation sites excluding steroid dienone is 2. The van der Waals surface area contributed by atoms with Gasteiger partial charge in [0.2, 0.25) is 0 Å². The molecule has 56 valence electrons. The fourth-order valence-corrected chi connectivity index (χ4v) is 1.04. The lowest BCUT2D eigenvalue weighted by atomic mass is 10.1. The van der Waals surface area contributed by atoms with E-state index < -0.39 is 0 Å². The van der Waals surface area contributed by atoms with E-state index in [1.165, 1.54) is 0 Å². The van der Waals surface area contributed by atoms with Crippen molar-refractivity contribution in [2.24, 2.45) is 0 Å². The lowest BCUT2D eigenvalue weighted by Gasteiger charge is -2.06. The summed E-state index contributed by atoms with van der Waals surface area (Å²) >= 11 is 0. The standard InChI is InChI=1S/C9H8O2/c1-2-9(11-5-1)8-3-6-10-7-4-8/h1-8H. The molecular weight excluding hydrogens is 140 g/mol. The predicted octanol–water partition coefficient (Wildman–Crippen LogP) is 2.42. The van der Waals surface area contributed by atoms with Crippen LogP contribution in [0, 0.1) is 0 Å². The summed E-state index contributed by atoms with van der Waals surface area (Å²) in [7, 11) is 0. The van der Waals surface area contributed by atoms with Crippen LogP contribution in [0.5, 0.6) is 0 Å². The molecule has 0 unspecified atom stereocenters. The Kier molecular flexibility index (Phi) is 1.52. The van der Waals surface area contributed by atoms with Gasteiger partial charge in [0.05, 0.1) is 24.7 Å². The first-order valence-corrected chi connectivity index (χ1v) is 3.49. The van der Waals surface area contributed by atoms with E-state index >= 15 is 0 Å². The van der Waals surface area contributed by atoms with Gasteiger partial charge in [0.15, 0.2) is 0 Å². The molecule has 0 saturated heterocycles. The smallest absolute Gasteiger partial charge is 0.114 e. The molecule has 1 aliphatic heterocycles. The van der Waals surface area contributed by atoms with Crippen molar-refractivity contribution in [2.45, 2.75) is 5.92 Å². The monoisotopic (exact) mass is 148 g/mol. The molecule has 1 aromatic rings. The molecule has 2 rings (SSSR count). The normalized spacial score (nSPS) is 16.7. The van der Waals surface area contributed by atoms with Gasteiger partial charge in [-0.15, -0.1) is 0 Å². The van der Waals surface area contributed by atoms with E-state index in [9.17, 15) is 0 Å². The molecule has 0 aromatic carbocycles. The zero-order valence-corrected chi connectivity index (χ0v) is 5.94. The molecular formula is C9H8O2. The van der Waals surface area contributed by atoms with Gasteiger partial charge in [-0.1, -0.05) is 0 Å². The van der Waals surface area contributed by atoms with E-state index in [1.54, 1.807) is 18.8 Å². The van der Waals surface area contributed by atoms with Gasteiger partial charge in [-0.3, -0.25) is 0 Å². The number of furan rings is 1. The second-order valence-corrected chi connectivity index (χ2v) is 2.33. The molecule has 0 atom stereocenters. The quantitative estimate of drug-likeness (QED) is 0.610. The molecule has 0 fully saturated rings. The zero-order valence-electron chi connectivity index (χ0n) is 5.94. The van der Waals surface area contributed by atoms with E-state index in [0.717, 1.165) is 5.76 Å². The predicted molar refractivity (Wildman–Crippen MR) is 40.8 cm³/mol. The second kappa shape index (κ2) is 2.66. The summed E-state index contributed by atoms with van der Waals surface area (Å²) in [6.45, 7) is 0. The van der Waals surface area contributed by atoms with Crippen LogP contribution >= 0.6 is 0 Å². The molecule has 1 aliphatic rings. The average molecular weight is 148 g/mol. The van der Waals surface area contributed by atoms with Crippen molar-refractivity contribution in [2.75, 3.05) is 0 Å². The summed E-state index contributed by atoms with van der Waals surface area (Å²) in [5.41, 5.74) is 0. The van der Waals surface area contributed by atoms with Gasteiger partial charge in [0, 0.05) is 0 Å². The maximum atomic E-state index is 5.21. The average Bonchev–Trinajstić information content (AvgIpc) is 2.58. The molecule has 1 aromatic heterocycles. The minimum absolute atomic E-state index is 0.235. The molecule has 0 amide bonds. The number of ether oxygens (including phenoxy) is 1. The summed E-state index contributed by atoms with van der Waals surface area (Å²) in [4.78, 5) is 0. The van der Waals surface area contributed by atoms with Crippen molar-refractivity contribution in [1.29, 1.82) is 0 Å². The Bertz CT molecular complexity index is 258. The number of hydrogen-bond acceptors (Lipinski definition) is 2. The highest BCUT2D eigenvalue weighted by molar-refractivity contribution is 5.20. The van der Waals surface area contributed by atoms with Gasteiger partial charge in [-0.25, -0.2) is 0 Å². The molecule has 2 nitrogen and oxygen atoms in total. The fraction of sp³-hybridized carbons (Fsp3) is 0.111. The largest absolute Gasteiger partial charge is 0.473 e. The first-order valence-electron chi connectivity index (χ1n) is 3.49. The first kappa shape index (κ1) is 6.28. The summed E-state index contributed by atoms with van der Waals surface area (Å²) in [5, 5.41) is 0. The molecule has 2 heteroatoms. The molecule has 0 bridgehead atoms. The SMILES string of the molecule is C1=CC(c2ccco2)C=CO1. The third-order valence-corrected chi connectivity index (χ3v) is 1.60. The first-order chi connectivity index (χ1) is 5.47. The highest BCUT2D eigenvalue weighted by Crippen LogP contribution is 2.21. The van der Waals surface area contributed by atoms with Crippen molar-refractivity contribution in [3.05, 3.63) is 48.8 Å². The molecule has 2 heterocycles. The van der Waals surface area contributed by atoms with E-state index in [4.69, 9.17) is 9.15 Å². The van der Waals surface area contributed by atoms with Crippen molar-refractivity contribution in [3.63, 3.8) is 0 Å². The highest BCUT2D eigenvalue weighted by atomic mass is 16.5. The van der Waals surface area contributed by atoms with Gasteiger partial charge >= 0.3 is 0 Å². The lowest BCUT2D eigenvalue weighted by molar-refractivity contribution is 0.384. The Labute approximate surface area is 64.8 Å². The zero-order chi connectivity index (χ0) is 7.52. The molecule has 0 aliphatic carbocycles. The topological polar surface area (TPSA) is 22.4 Å². The van der Waals surface area contributed by atoms with Gasteiger partial charge in [0.25, 0.3) is 0 Å². The molecule has 11 heavy (non-hydrogen) atoms. The van der Waals surface area contributed by atoms with Crippen LogP contribution in [0.2, 0.25) is 0 Å². The lowest BCUT2D eigenvalue weighted by Crippen LogP contribution is -1.91. The van der Waals surface area contributed by atoms with Gasteiger partial charge < -0.3 is 9.15 Å². The Morgan fingerprint density at radius 1 is 1.18 bits per heavy atom. The van der Waals surface area contributed by atoms with Crippen LogP contribution in [0.3, 0.4) is 0 Å². The summed E-state index contributed by atoms with van der Waals surface area (Å²) in [5.74, 6) is 1.18. The van der Waals surface area contributed by atoms with Crippen LogP contribution in [0.4, 0.5) is 0 Å². The van der Waals surface area contributed by atoms with E-state index in [2.05, 4.69) is 0 Å². The molecule has 0 N–H and O–H groups in total. The van der Waals surface area contributed by atoms with Gasteiger partial charge in [-0.05, 0) is 24.3 Å². The van der Waals surface area contributed by atoms with E-state index in [0.29, 0.717) is 0 Å². The van der Waals surface area contributed by atoms with Crippen LogP contribution in [-0.2, 0) is 4.74 Å².